The van der Waals surface area contributed by atoms with Crippen LogP contribution in [0.2, 0.25) is 0 Å². The lowest BCUT2D eigenvalue weighted by atomic mass is 10.2. The third-order valence-electron chi connectivity index (χ3n) is 3.09. The van der Waals surface area contributed by atoms with Crippen LogP contribution in [0.4, 0.5) is 10.1 Å². The molecular weight excluding hydrogens is 291 g/mol. The van der Waals surface area contributed by atoms with Crippen LogP contribution in [0, 0.1) is 12.7 Å². The van der Waals surface area contributed by atoms with Crippen LogP contribution in [0.15, 0.2) is 47.4 Å². The Morgan fingerprint density at radius 3 is 2.38 bits per heavy atom. The number of aryl methyl sites for hydroxylation is 1. The Labute approximate surface area is 123 Å². The van der Waals surface area contributed by atoms with Gasteiger partial charge in [-0.05, 0) is 55.3 Å². The summed E-state index contributed by atoms with van der Waals surface area (Å²) < 4.78 is 40.2. The summed E-state index contributed by atoms with van der Waals surface area (Å²) in [5.74, 6) is -0.450. The van der Waals surface area contributed by atoms with Crippen LogP contribution >= 0.6 is 0 Å². The minimum absolute atomic E-state index is 0.129. The maximum atomic E-state index is 13.4. The molecule has 4 nitrogen and oxygen atoms in total. The highest BCUT2D eigenvalue weighted by Crippen LogP contribution is 2.19. The van der Waals surface area contributed by atoms with Gasteiger partial charge in [-0.3, -0.25) is 4.72 Å². The van der Waals surface area contributed by atoms with Crippen LogP contribution in [0.5, 0.6) is 0 Å². The van der Waals surface area contributed by atoms with Crippen LogP contribution in [-0.4, -0.2) is 15.0 Å². The summed E-state index contributed by atoms with van der Waals surface area (Å²) in [6.07, 6.45) is 0.691. The van der Waals surface area contributed by atoms with Gasteiger partial charge in [0.1, 0.15) is 5.82 Å². The Bertz CT molecular complexity index is 728. The van der Waals surface area contributed by atoms with Crippen molar-refractivity contribution < 1.29 is 12.8 Å². The molecular formula is C15H17FN2O2S. The number of halogens is 1. The first-order chi connectivity index (χ1) is 9.92. The van der Waals surface area contributed by atoms with Crippen LogP contribution in [-0.2, 0) is 16.4 Å². The summed E-state index contributed by atoms with van der Waals surface area (Å²) in [5.41, 5.74) is 7.08. The molecule has 2 aromatic rings. The first kappa shape index (κ1) is 15.5. The van der Waals surface area contributed by atoms with Crippen LogP contribution < -0.4 is 10.5 Å². The number of nitrogens with one attached hydrogen (secondary N) is 1. The minimum atomic E-state index is -3.72. The SMILES string of the molecule is Cc1ccc(NS(=O)(=O)c2ccc(CCN)cc2)cc1F. The van der Waals surface area contributed by atoms with E-state index in [1.165, 1.54) is 24.3 Å². The highest BCUT2D eigenvalue weighted by Gasteiger charge is 2.14. The minimum Gasteiger partial charge on any atom is -0.330 e. The second kappa shape index (κ2) is 6.24. The predicted octanol–water partition coefficient (Wildman–Crippen LogP) is 2.44. The fourth-order valence-corrected chi connectivity index (χ4v) is 2.92. The average Bonchev–Trinajstić information content (AvgIpc) is 2.44. The topological polar surface area (TPSA) is 72.2 Å². The Morgan fingerprint density at radius 1 is 1.14 bits per heavy atom. The first-order valence-electron chi connectivity index (χ1n) is 6.50. The zero-order chi connectivity index (χ0) is 15.5. The quantitative estimate of drug-likeness (QED) is 0.891. The van der Waals surface area contributed by atoms with Crippen molar-refractivity contribution >= 4 is 15.7 Å². The number of sulfonamides is 1. The van der Waals surface area contributed by atoms with Gasteiger partial charge in [0.15, 0.2) is 0 Å². The molecule has 2 rings (SSSR count). The van der Waals surface area contributed by atoms with Crippen molar-refractivity contribution in [3.05, 3.63) is 59.4 Å². The van der Waals surface area contributed by atoms with Gasteiger partial charge in [-0.2, -0.15) is 0 Å². The maximum Gasteiger partial charge on any atom is 0.261 e. The van der Waals surface area contributed by atoms with Gasteiger partial charge in [-0.25, -0.2) is 12.8 Å². The summed E-state index contributed by atoms with van der Waals surface area (Å²) in [6.45, 7) is 2.12. The fourth-order valence-electron chi connectivity index (χ4n) is 1.87. The Morgan fingerprint density at radius 2 is 1.81 bits per heavy atom. The zero-order valence-corrected chi connectivity index (χ0v) is 12.5. The fraction of sp³-hybridized carbons (Fsp3) is 0.200. The molecule has 3 N–H and O–H groups in total. The highest BCUT2D eigenvalue weighted by molar-refractivity contribution is 7.92. The van der Waals surface area contributed by atoms with E-state index in [1.54, 1.807) is 19.1 Å². The summed E-state index contributed by atoms with van der Waals surface area (Å²) in [4.78, 5) is 0.129. The summed E-state index contributed by atoms with van der Waals surface area (Å²) in [5, 5.41) is 0. The van der Waals surface area contributed by atoms with Crippen molar-refractivity contribution in [2.75, 3.05) is 11.3 Å². The van der Waals surface area contributed by atoms with Crippen molar-refractivity contribution in [1.82, 2.24) is 0 Å². The van der Waals surface area contributed by atoms with E-state index in [4.69, 9.17) is 5.73 Å². The van der Waals surface area contributed by atoms with Gasteiger partial charge < -0.3 is 5.73 Å². The molecule has 21 heavy (non-hydrogen) atoms. The lowest BCUT2D eigenvalue weighted by Crippen LogP contribution is -2.13. The standard InChI is InChI=1S/C15H17FN2O2S/c1-11-2-5-13(10-15(11)16)18-21(19,20)14-6-3-12(4-7-14)8-9-17/h2-7,10,18H,8-9,17H2,1H3. The first-order valence-corrected chi connectivity index (χ1v) is 7.98. The van der Waals surface area contributed by atoms with Crippen LogP contribution in [0.25, 0.3) is 0 Å². The number of benzene rings is 2. The molecule has 0 atom stereocenters. The molecule has 6 heteroatoms. The Balaban J connectivity index is 2.23. The summed E-state index contributed by atoms with van der Waals surface area (Å²) in [6, 6.07) is 10.7. The molecule has 0 aromatic heterocycles. The van der Waals surface area contributed by atoms with E-state index < -0.39 is 15.8 Å². The molecule has 0 unspecified atom stereocenters. The number of nitrogens with two attached hydrogens (primary N) is 1. The molecule has 112 valence electrons. The Hall–Kier alpha value is -1.92. The summed E-state index contributed by atoms with van der Waals surface area (Å²) >= 11 is 0. The van der Waals surface area contributed by atoms with Gasteiger partial charge in [0.25, 0.3) is 10.0 Å². The second-order valence-corrected chi connectivity index (χ2v) is 6.43. The van der Waals surface area contributed by atoms with Gasteiger partial charge in [0, 0.05) is 0 Å². The number of hydrogen-bond donors (Lipinski definition) is 2. The number of anilines is 1. The van der Waals surface area contributed by atoms with Crippen molar-refractivity contribution in [1.29, 1.82) is 0 Å². The molecule has 2 aromatic carbocycles. The molecule has 0 fully saturated rings. The van der Waals surface area contributed by atoms with Crippen molar-refractivity contribution in [3.8, 4) is 0 Å². The van der Waals surface area contributed by atoms with Crippen molar-refractivity contribution in [2.24, 2.45) is 5.73 Å². The molecule has 0 saturated carbocycles. The molecule has 0 aliphatic carbocycles. The van der Waals surface area contributed by atoms with Crippen molar-refractivity contribution in [3.63, 3.8) is 0 Å². The average molecular weight is 308 g/mol. The monoisotopic (exact) mass is 308 g/mol. The van der Waals surface area contributed by atoms with Gasteiger partial charge in [-0.1, -0.05) is 18.2 Å². The van der Waals surface area contributed by atoms with Gasteiger partial charge in [0.2, 0.25) is 0 Å². The lowest BCUT2D eigenvalue weighted by molar-refractivity contribution is 0.601. The smallest absolute Gasteiger partial charge is 0.261 e. The van der Waals surface area contributed by atoms with Crippen molar-refractivity contribution in [2.45, 2.75) is 18.2 Å². The molecule has 0 aliphatic rings. The molecule has 0 bridgehead atoms. The van der Waals surface area contributed by atoms with E-state index in [9.17, 15) is 12.8 Å². The van der Waals surface area contributed by atoms with Gasteiger partial charge in [-0.15, -0.1) is 0 Å². The Kier molecular flexibility index (Phi) is 4.59. The molecule has 0 aliphatic heterocycles. The van der Waals surface area contributed by atoms with Gasteiger partial charge >= 0.3 is 0 Å². The molecule has 0 saturated heterocycles. The van der Waals surface area contributed by atoms with Gasteiger partial charge in [0.05, 0.1) is 10.6 Å². The van der Waals surface area contributed by atoms with Crippen LogP contribution in [0.3, 0.4) is 0 Å². The third-order valence-corrected chi connectivity index (χ3v) is 4.49. The number of rotatable bonds is 5. The predicted molar refractivity (Wildman–Crippen MR) is 81.1 cm³/mol. The molecule has 0 amide bonds. The van der Waals surface area contributed by atoms with E-state index in [0.717, 1.165) is 11.6 Å². The normalized spacial score (nSPS) is 11.4. The van der Waals surface area contributed by atoms with E-state index in [1.807, 2.05) is 0 Å². The number of hydrogen-bond acceptors (Lipinski definition) is 3. The summed E-state index contributed by atoms with van der Waals surface area (Å²) in [7, 11) is -3.72. The maximum absolute atomic E-state index is 13.4. The molecule has 0 spiro atoms. The highest BCUT2D eigenvalue weighted by atomic mass is 32.2. The molecule has 0 heterocycles. The second-order valence-electron chi connectivity index (χ2n) is 4.75. The lowest BCUT2D eigenvalue weighted by Gasteiger charge is -2.09. The van der Waals surface area contributed by atoms with E-state index in [0.29, 0.717) is 18.5 Å². The van der Waals surface area contributed by atoms with E-state index in [-0.39, 0.29) is 10.6 Å². The largest absolute Gasteiger partial charge is 0.330 e. The van der Waals surface area contributed by atoms with Crippen LogP contribution in [0.1, 0.15) is 11.1 Å². The third kappa shape index (κ3) is 3.80. The zero-order valence-electron chi connectivity index (χ0n) is 11.6. The van der Waals surface area contributed by atoms with E-state index >= 15 is 0 Å². The van der Waals surface area contributed by atoms with E-state index in [2.05, 4.69) is 4.72 Å². The molecule has 0 radical (unpaired) electrons.